The zero-order valence-electron chi connectivity index (χ0n) is 10.4. The van der Waals surface area contributed by atoms with Crippen molar-refractivity contribution in [1.29, 1.82) is 0 Å². The zero-order valence-corrected chi connectivity index (χ0v) is 11.2. The lowest BCUT2D eigenvalue weighted by Gasteiger charge is -2.32. The van der Waals surface area contributed by atoms with E-state index < -0.39 is 10.0 Å². The van der Waals surface area contributed by atoms with Gasteiger partial charge in [0.25, 0.3) is 10.0 Å². The Labute approximate surface area is 108 Å². The first kappa shape index (κ1) is 13.5. The van der Waals surface area contributed by atoms with Crippen molar-refractivity contribution in [2.75, 3.05) is 13.1 Å². The largest absolute Gasteiger partial charge is 0.329 e. The van der Waals surface area contributed by atoms with Gasteiger partial charge >= 0.3 is 0 Å². The van der Waals surface area contributed by atoms with Crippen LogP contribution in [0.2, 0.25) is 0 Å². The number of nitrogens with zero attached hydrogens (tertiary/aromatic N) is 2. The van der Waals surface area contributed by atoms with Crippen molar-refractivity contribution in [2.24, 2.45) is 5.73 Å². The lowest BCUT2D eigenvalue weighted by Crippen LogP contribution is -2.44. The Morgan fingerprint density at radius 2 is 2.11 bits per heavy atom. The molecule has 7 heteroatoms. The molecule has 0 unspecified atom stereocenters. The maximum atomic E-state index is 12.5. The first-order valence-corrected chi connectivity index (χ1v) is 7.81. The Hall–Kier alpha value is -0.920. The van der Waals surface area contributed by atoms with Gasteiger partial charge in [-0.15, -0.1) is 0 Å². The van der Waals surface area contributed by atoms with E-state index in [0.29, 0.717) is 13.1 Å². The van der Waals surface area contributed by atoms with Gasteiger partial charge in [0.2, 0.25) is 0 Å². The second-order valence-corrected chi connectivity index (χ2v) is 6.48. The summed E-state index contributed by atoms with van der Waals surface area (Å²) in [6.45, 7) is 0.704. The van der Waals surface area contributed by atoms with Gasteiger partial charge in [0, 0.05) is 19.1 Å². The van der Waals surface area contributed by atoms with Gasteiger partial charge < -0.3 is 5.73 Å². The second kappa shape index (κ2) is 5.81. The molecule has 3 N–H and O–H groups in total. The van der Waals surface area contributed by atoms with Crippen LogP contribution in [0, 0.1) is 0 Å². The molecule has 1 saturated carbocycles. The van der Waals surface area contributed by atoms with E-state index in [1.807, 2.05) is 0 Å². The minimum absolute atomic E-state index is 0.0793. The number of rotatable bonds is 5. The molecule has 1 heterocycles. The number of aromatic amines is 1. The topological polar surface area (TPSA) is 92.1 Å². The second-order valence-electron chi connectivity index (χ2n) is 4.62. The van der Waals surface area contributed by atoms with Gasteiger partial charge in [-0.1, -0.05) is 19.3 Å². The Balaban J connectivity index is 2.23. The fourth-order valence-electron chi connectivity index (χ4n) is 2.51. The van der Waals surface area contributed by atoms with Crippen LogP contribution < -0.4 is 5.73 Å². The highest BCUT2D eigenvalue weighted by atomic mass is 32.2. The summed E-state index contributed by atoms with van der Waals surface area (Å²) in [4.78, 5) is 0. The van der Waals surface area contributed by atoms with Gasteiger partial charge in [0.15, 0.2) is 5.03 Å². The van der Waals surface area contributed by atoms with Gasteiger partial charge in [-0.3, -0.25) is 5.10 Å². The number of nitrogens with two attached hydrogens (primary N) is 1. The third-order valence-corrected chi connectivity index (χ3v) is 5.27. The summed E-state index contributed by atoms with van der Waals surface area (Å²) < 4.78 is 26.5. The molecule has 1 aromatic heterocycles. The van der Waals surface area contributed by atoms with E-state index in [-0.39, 0.29) is 11.1 Å². The number of H-pyrrole nitrogens is 1. The third-order valence-electron chi connectivity index (χ3n) is 3.39. The monoisotopic (exact) mass is 272 g/mol. The van der Waals surface area contributed by atoms with Gasteiger partial charge in [-0.05, 0) is 18.9 Å². The Bertz CT molecular complexity index is 451. The van der Waals surface area contributed by atoms with E-state index in [2.05, 4.69) is 10.2 Å². The van der Waals surface area contributed by atoms with Gasteiger partial charge in [0.1, 0.15) is 0 Å². The van der Waals surface area contributed by atoms with Crippen molar-refractivity contribution in [3.8, 4) is 0 Å². The van der Waals surface area contributed by atoms with Crippen LogP contribution in [-0.2, 0) is 10.0 Å². The summed E-state index contributed by atoms with van der Waals surface area (Å²) in [6, 6.07) is 1.57. The molecular weight excluding hydrogens is 252 g/mol. The predicted molar refractivity (Wildman–Crippen MR) is 68.4 cm³/mol. The molecular formula is C11H20N4O2S. The summed E-state index contributed by atoms with van der Waals surface area (Å²) in [5, 5.41) is 6.40. The molecule has 1 aliphatic rings. The maximum absolute atomic E-state index is 12.5. The number of hydrogen-bond donors (Lipinski definition) is 2. The van der Waals surface area contributed by atoms with E-state index in [1.165, 1.54) is 18.7 Å². The van der Waals surface area contributed by atoms with Crippen LogP contribution in [0.3, 0.4) is 0 Å². The summed E-state index contributed by atoms with van der Waals surface area (Å²) >= 11 is 0. The minimum atomic E-state index is -3.48. The van der Waals surface area contributed by atoms with Crippen molar-refractivity contribution in [3.63, 3.8) is 0 Å². The molecule has 0 radical (unpaired) electrons. The van der Waals surface area contributed by atoms with E-state index in [0.717, 1.165) is 25.7 Å². The molecule has 0 aliphatic heterocycles. The standard InChI is InChI=1S/C11H20N4O2S/c12-7-9-15(10-4-2-1-3-5-10)18(16,17)11-6-8-13-14-11/h6,8,10H,1-5,7,9,12H2,(H,13,14). The number of aromatic nitrogens is 2. The van der Waals surface area contributed by atoms with Crippen LogP contribution in [0.15, 0.2) is 17.3 Å². The normalized spacial score (nSPS) is 18.3. The zero-order chi connectivity index (χ0) is 13.0. The molecule has 0 bridgehead atoms. The van der Waals surface area contributed by atoms with Crippen LogP contribution in [0.4, 0.5) is 0 Å². The SMILES string of the molecule is NCCN(C1CCCCC1)S(=O)(=O)c1ccn[nH]1. The first-order chi connectivity index (χ1) is 8.66. The number of hydrogen-bond acceptors (Lipinski definition) is 4. The molecule has 0 atom stereocenters. The van der Waals surface area contributed by atoms with Gasteiger partial charge in [0.05, 0.1) is 6.20 Å². The molecule has 0 amide bonds. The van der Waals surface area contributed by atoms with E-state index in [9.17, 15) is 8.42 Å². The molecule has 0 aromatic carbocycles. The van der Waals surface area contributed by atoms with Crippen molar-refractivity contribution in [3.05, 3.63) is 12.3 Å². The van der Waals surface area contributed by atoms with E-state index in [4.69, 9.17) is 5.73 Å². The molecule has 2 rings (SSSR count). The first-order valence-electron chi connectivity index (χ1n) is 6.37. The van der Waals surface area contributed by atoms with Crippen molar-refractivity contribution >= 4 is 10.0 Å². The van der Waals surface area contributed by atoms with Crippen molar-refractivity contribution in [1.82, 2.24) is 14.5 Å². The molecule has 18 heavy (non-hydrogen) atoms. The van der Waals surface area contributed by atoms with E-state index in [1.54, 1.807) is 4.31 Å². The minimum Gasteiger partial charge on any atom is -0.329 e. The summed E-state index contributed by atoms with van der Waals surface area (Å²) in [5.41, 5.74) is 5.55. The Morgan fingerprint density at radius 1 is 1.39 bits per heavy atom. The van der Waals surface area contributed by atoms with Crippen LogP contribution in [-0.4, -0.2) is 42.1 Å². The quantitative estimate of drug-likeness (QED) is 0.825. The average molecular weight is 272 g/mol. The summed E-state index contributed by atoms with van der Waals surface area (Å²) in [6.07, 6.45) is 6.67. The molecule has 0 spiro atoms. The summed E-state index contributed by atoms with van der Waals surface area (Å²) in [5.74, 6) is 0. The highest BCUT2D eigenvalue weighted by Crippen LogP contribution is 2.26. The van der Waals surface area contributed by atoms with Crippen molar-refractivity contribution in [2.45, 2.75) is 43.2 Å². The molecule has 6 nitrogen and oxygen atoms in total. The van der Waals surface area contributed by atoms with Gasteiger partial charge in [-0.2, -0.15) is 9.40 Å². The van der Waals surface area contributed by atoms with Crippen LogP contribution in [0.5, 0.6) is 0 Å². The Morgan fingerprint density at radius 3 is 2.67 bits per heavy atom. The molecule has 1 aromatic rings. The van der Waals surface area contributed by atoms with E-state index >= 15 is 0 Å². The van der Waals surface area contributed by atoms with Crippen LogP contribution in [0.25, 0.3) is 0 Å². The van der Waals surface area contributed by atoms with Crippen molar-refractivity contribution < 1.29 is 8.42 Å². The number of sulfonamides is 1. The molecule has 1 fully saturated rings. The maximum Gasteiger partial charge on any atom is 0.260 e. The molecule has 0 saturated heterocycles. The molecule has 102 valence electrons. The predicted octanol–water partition coefficient (Wildman–Crippen LogP) is 0.692. The van der Waals surface area contributed by atoms with Crippen LogP contribution >= 0.6 is 0 Å². The van der Waals surface area contributed by atoms with Gasteiger partial charge in [-0.25, -0.2) is 8.42 Å². The lowest BCUT2D eigenvalue weighted by atomic mass is 9.95. The highest BCUT2D eigenvalue weighted by molar-refractivity contribution is 7.89. The highest BCUT2D eigenvalue weighted by Gasteiger charge is 2.32. The number of nitrogens with one attached hydrogen (secondary N) is 1. The summed E-state index contributed by atoms with van der Waals surface area (Å²) in [7, 11) is -3.48. The lowest BCUT2D eigenvalue weighted by molar-refractivity contribution is 0.256. The fourth-order valence-corrected chi connectivity index (χ4v) is 4.11. The third kappa shape index (κ3) is 2.73. The fraction of sp³-hybridized carbons (Fsp3) is 0.727. The Kier molecular flexibility index (Phi) is 4.36. The molecule has 1 aliphatic carbocycles. The average Bonchev–Trinajstić information content (AvgIpc) is 2.91. The smallest absolute Gasteiger partial charge is 0.260 e. The van der Waals surface area contributed by atoms with Crippen LogP contribution in [0.1, 0.15) is 32.1 Å².